The van der Waals surface area contributed by atoms with Crippen molar-refractivity contribution in [3.63, 3.8) is 0 Å². The highest BCUT2D eigenvalue weighted by atomic mass is 35.5. The number of halogens is 1. The monoisotopic (exact) mass is 482 g/mol. The second kappa shape index (κ2) is 8.97. The van der Waals surface area contributed by atoms with Crippen LogP contribution in [0.5, 0.6) is 5.75 Å². The number of hydrogen-bond acceptors (Lipinski definition) is 9. The highest BCUT2D eigenvalue weighted by Crippen LogP contribution is 2.34. The van der Waals surface area contributed by atoms with Crippen LogP contribution in [0.4, 0.5) is 5.13 Å². The summed E-state index contributed by atoms with van der Waals surface area (Å²) in [5.41, 5.74) is 3.74. The van der Waals surface area contributed by atoms with Gasteiger partial charge in [0.2, 0.25) is 0 Å². The molecule has 1 atom stereocenters. The van der Waals surface area contributed by atoms with E-state index in [1.54, 1.807) is 18.3 Å². The first kappa shape index (κ1) is 21.6. The van der Waals surface area contributed by atoms with Gasteiger partial charge in [-0.25, -0.2) is 15.0 Å². The summed E-state index contributed by atoms with van der Waals surface area (Å²) in [4.78, 5) is 35.8. The molecule has 1 N–H and O–H groups in total. The number of thiazole rings is 1. The lowest BCUT2D eigenvalue weighted by Crippen LogP contribution is -2.14. The number of hydrogen-bond donors (Lipinski definition) is 1. The van der Waals surface area contributed by atoms with Crippen molar-refractivity contribution in [2.75, 3.05) is 25.6 Å². The van der Waals surface area contributed by atoms with Crippen LogP contribution in [0.15, 0.2) is 30.7 Å². The highest BCUT2D eigenvalue weighted by molar-refractivity contribution is 7.21. The van der Waals surface area contributed by atoms with Crippen molar-refractivity contribution in [3.05, 3.63) is 52.8 Å². The second-order valence-electron chi connectivity index (χ2n) is 7.54. The summed E-state index contributed by atoms with van der Waals surface area (Å²) in [6, 6.07) is 3.46. The van der Waals surface area contributed by atoms with E-state index in [1.165, 1.54) is 30.8 Å². The number of amides is 1. The zero-order valence-corrected chi connectivity index (χ0v) is 19.4. The molecule has 5 heterocycles. The minimum Gasteiger partial charge on any atom is -0.494 e. The molecule has 1 saturated heterocycles. The van der Waals surface area contributed by atoms with Crippen molar-refractivity contribution in [2.45, 2.75) is 19.3 Å². The zero-order chi connectivity index (χ0) is 22.9. The minimum atomic E-state index is -0.365. The molecule has 5 rings (SSSR count). The molecular formula is C22H19ClN6O3S. The van der Waals surface area contributed by atoms with Crippen LogP contribution < -0.4 is 10.1 Å². The third-order valence-corrected chi connectivity index (χ3v) is 6.40. The largest absolute Gasteiger partial charge is 0.494 e. The fourth-order valence-corrected chi connectivity index (χ4v) is 4.63. The molecular weight excluding hydrogens is 464 g/mol. The lowest BCUT2D eigenvalue weighted by Gasteiger charge is -2.13. The molecule has 1 aliphatic heterocycles. The number of aromatic nitrogens is 5. The molecule has 0 radical (unpaired) electrons. The molecule has 0 saturated carbocycles. The van der Waals surface area contributed by atoms with Gasteiger partial charge < -0.3 is 9.47 Å². The number of pyridine rings is 2. The van der Waals surface area contributed by atoms with Crippen LogP contribution in [-0.2, 0) is 4.74 Å². The SMILES string of the molecule is COc1cnc(Cl)cc1-c1cc(C)ncc1C(=O)Nc1nc2ncc(C3CCOC3)nc2s1. The van der Waals surface area contributed by atoms with Crippen molar-refractivity contribution < 1.29 is 14.3 Å². The minimum absolute atomic E-state index is 0.241. The number of carbonyl (C=O) groups excluding carboxylic acids is 1. The molecule has 0 bridgehead atoms. The maximum absolute atomic E-state index is 13.2. The smallest absolute Gasteiger partial charge is 0.259 e. The first-order valence-corrected chi connectivity index (χ1v) is 11.4. The topological polar surface area (TPSA) is 112 Å². The number of ether oxygens (including phenoxy) is 2. The van der Waals surface area contributed by atoms with E-state index in [1.807, 2.05) is 6.92 Å². The van der Waals surface area contributed by atoms with Crippen molar-refractivity contribution in [2.24, 2.45) is 0 Å². The van der Waals surface area contributed by atoms with E-state index in [2.05, 4.69) is 30.2 Å². The predicted molar refractivity (Wildman–Crippen MR) is 125 cm³/mol. The maximum atomic E-state index is 13.2. The van der Waals surface area contributed by atoms with Crippen LogP contribution in [0.2, 0.25) is 5.15 Å². The van der Waals surface area contributed by atoms with Crippen LogP contribution in [-0.4, -0.2) is 51.2 Å². The molecule has 4 aromatic rings. The van der Waals surface area contributed by atoms with E-state index in [0.717, 1.165) is 24.4 Å². The molecule has 1 amide bonds. The van der Waals surface area contributed by atoms with Crippen molar-refractivity contribution >= 4 is 44.5 Å². The normalized spacial score (nSPS) is 15.7. The lowest BCUT2D eigenvalue weighted by molar-refractivity contribution is 0.102. The van der Waals surface area contributed by atoms with Gasteiger partial charge in [0.1, 0.15) is 10.9 Å². The second-order valence-corrected chi connectivity index (χ2v) is 8.90. The van der Waals surface area contributed by atoms with Gasteiger partial charge >= 0.3 is 0 Å². The Kier molecular flexibility index (Phi) is 5.88. The summed E-state index contributed by atoms with van der Waals surface area (Å²) in [5, 5.41) is 3.55. The Balaban J connectivity index is 1.47. The fraction of sp³-hybridized carbons (Fsp3) is 0.273. The molecule has 9 nitrogen and oxygen atoms in total. The number of anilines is 1. The number of nitrogens with one attached hydrogen (secondary N) is 1. The number of fused-ring (bicyclic) bond motifs is 1. The van der Waals surface area contributed by atoms with Crippen LogP contribution in [0.3, 0.4) is 0 Å². The molecule has 4 aromatic heterocycles. The van der Waals surface area contributed by atoms with Gasteiger partial charge in [-0.1, -0.05) is 22.9 Å². The average molecular weight is 483 g/mol. The number of aryl methyl sites for hydroxylation is 1. The molecule has 1 fully saturated rings. The summed E-state index contributed by atoms with van der Waals surface area (Å²) < 4.78 is 10.9. The Labute approximate surface area is 198 Å². The average Bonchev–Trinajstić information content (AvgIpc) is 3.48. The summed E-state index contributed by atoms with van der Waals surface area (Å²) in [5.74, 6) is 0.372. The third kappa shape index (κ3) is 4.37. The van der Waals surface area contributed by atoms with Gasteiger partial charge in [0.15, 0.2) is 15.6 Å². The van der Waals surface area contributed by atoms with E-state index in [-0.39, 0.29) is 11.8 Å². The summed E-state index contributed by atoms with van der Waals surface area (Å²) >= 11 is 7.39. The Morgan fingerprint density at radius 1 is 1.18 bits per heavy atom. The highest BCUT2D eigenvalue weighted by Gasteiger charge is 2.22. The van der Waals surface area contributed by atoms with E-state index in [4.69, 9.17) is 21.1 Å². The van der Waals surface area contributed by atoms with Crippen molar-refractivity contribution in [1.29, 1.82) is 0 Å². The summed E-state index contributed by atoms with van der Waals surface area (Å²) in [6.07, 6.45) is 5.70. The predicted octanol–water partition coefficient (Wildman–Crippen LogP) is 4.27. The Hall–Kier alpha value is -3.21. The van der Waals surface area contributed by atoms with E-state index >= 15 is 0 Å². The standard InChI is InChI=1S/C22H19ClN6O3S/c1-11-5-13(14-6-18(23)25-9-17(14)31-2)15(7-24-11)20(30)29-22-28-19-21(33-22)27-16(8-26-19)12-3-4-32-10-12/h5-9,12H,3-4,10H2,1-2H3,(H,26,28,29,30). The number of carbonyl (C=O) groups is 1. The van der Waals surface area contributed by atoms with Crippen LogP contribution in [0, 0.1) is 6.92 Å². The number of rotatable bonds is 5. The van der Waals surface area contributed by atoms with Crippen LogP contribution in [0.25, 0.3) is 21.6 Å². The van der Waals surface area contributed by atoms with Gasteiger partial charge in [0.25, 0.3) is 5.91 Å². The van der Waals surface area contributed by atoms with Gasteiger partial charge in [-0.3, -0.25) is 15.1 Å². The zero-order valence-electron chi connectivity index (χ0n) is 17.8. The Bertz CT molecular complexity index is 1360. The lowest BCUT2D eigenvalue weighted by atomic mass is 10.0. The molecule has 1 aliphatic rings. The Morgan fingerprint density at radius 2 is 2.06 bits per heavy atom. The van der Waals surface area contributed by atoms with E-state index in [9.17, 15) is 4.79 Å². The van der Waals surface area contributed by atoms with E-state index in [0.29, 0.717) is 49.8 Å². The third-order valence-electron chi connectivity index (χ3n) is 5.34. The molecule has 0 aliphatic carbocycles. The number of nitrogens with zero attached hydrogens (tertiary/aromatic N) is 5. The van der Waals surface area contributed by atoms with Gasteiger partial charge in [-0.2, -0.15) is 4.98 Å². The first-order valence-electron chi connectivity index (χ1n) is 10.2. The fourth-order valence-electron chi connectivity index (χ4n) is 3.67. The molecule has 168 valence electrons. The van der Waals surface area contributed by atoms with Crippen molar-refractivity contribution in [1.82, 2.24) is 24.9 Å². The van der Waals surface area contributed by atoms with Crippen LogP contribution >= 0.6 is 22.9 Å². The maximum Gasteiger partial charge on any atom is 0.259 e. The molecule has 0 spiro atoms. The molecule has 11 heteroatoms. The first-order chi connectivity index (χ1) is 16.0. The van der Waals surface area contributed by atoms with Gasteiger partial charge in [0, 0.05) is 35.5 Å². The number of methoxy groups -OCH3 is 1. The van der Waals surface area contributed by atoms with Gasteiger partial charge in [-0.15, -0.1) is 0 Å². The van der Waals surface area contributed by atoms with E-state index < -0.39 is 0 Å². The molecule has 1 unspecified atom stereocenters. The summed E-state index contributed by atoms with van der Waals surface area (Å²) in [6.45, 7) is 3.22. The molecule has 0 aromatic carbocycles. The quantitative estimate of drug-likeness (QED) is 0.420. The van der Waals surface area contributed by atoms with Crippen molar-refractivity contribution in [3.8, 4) is 16.9 Å². The van der Waals surface area contributed by atoms with Crippen LogP contribution in [0.1, 0.15) is 34.1 Å². The summed E-state index contributed by atoms with van der Waals surface area (Å²) in [7, 11) is 1.54. The van der Waals surface area contributed by atoms with Gasteiger partial charge in [0.05, 0.1) is 37.4 Å². The molecule has 33 heavy (non-hydrogen) atoms. The van der Waals surface area contributed by atoms with Gasteiger partial charge in [-0.05, 0) is 25.5 Å². The Morgan fingerprint density at radius 3 is 2.85 bits per heavy atom.